The maximum Gasteiger partial charge on any atom is 0.245 e. The van der Waals surface area contributed by atoms with E-state index >= 15 is 0 Å². The third-order valence-electron chi connectivity index (χ3n) is 4.73. The third kappa shape index (κ3) is 3.75. The van der Waals surface area contributed by atoms with E-state index in [1.54, 1.807) is 16.5 Å². The highest BCUT2D eigenvalue weighted by atomic mass is 16.5. The summed E-state index contributed by atoms with van der Waals surface area (Å²) in [5, 5.41) is 11.7. The van der Waals surface area contributed by atoms with Gasteiger partial charge in [-0.1, -0.05) is 35.5 Å². The number of carbonyl (C=O) groups excluding carboxylic acids is 1. The lowest BCUT2D eigenvalue weighted by Gasteiger charge is -2.22. The molecule has 1 aliphatic rings. The summed E-state index contributed by atoms with van der Waals surface area (Å²) in [6.45, 7) is 2.44. The fourth-order valence-electron chi connectivity index (χ4n) is 3.41. The van der Waals surface area contributed by atoms with Crippen molar-refractivity contribution >= 4 is 11.7 Å². The summed E-state index contributed by atoms with van der Waals surface area (Å²) in [5.41, 5.74) is 1.08. The molecule has 1 amide bonds. The largest absolute Gasteiger partial charge is 0.339 e. The van der Waals surface area contributed by atoms with Crippen LogP contribution in [0.3, 0.4) is 0 Å². The first-order valence-electron chi connectivity index (χ1n) is 9.01. The van der Waals surface area contributed by atoms with Gasteiger partial charge >= 0.3 is 0 Å². The number of hydrogen-bond acceptors (Lipinski definition) is 6. The number of carbonyl (C=O) groups is 1. The Kier molecular flexibility index (Phi) is 4.72. The zero-order chi connectivity index (χ0) is 18.8. The van der Waals surface area contributed by atoms with Crippen molar-refractivity contribution in [3.63, 3.8) is 0 Å². The second-order valence-corrected chi connectivity index (χ2v) is 6.75. The molecule has 1 fully saturated rings. The number of nitrogens with one attached hydrogen (secondary N) is 1. The highest BCUT2D eigenvalue weighted by Crippen LogP contribution is 2.24. The van der Waals surface area contributed by atoms with Crippen LogP contribution in [-0.4, -0.2) is 38.4 Å². The summed E-state index contributed by atoms with van der Waals surface area (Å²) in [4.78, 5) is 18.9. The van der Waals surface area contributed by atoms with Crippen molar-refractivity contribution in [3.8, 4) is 0 Å². The Hall–Kier alpha value is -3.00. The zero-order valence-corrected chi connectivity index (χ0v) is 15.4. The first kappa shape index (κ1) is 17.4. The number of amides is 1. The van der Waals surface area contributed by atoms with Crippen LogP contribution in [0.25, 0.3) is 0 Å². The zero-order valence-electron chi connectivity index (χ0n) is 15.4. The summed E-state index contributed by atoms with van der Waals surface area (Å²) < 4.78 is 6.99. The van der Waals surface area contributed by atoms with Crippen LogP contribution < -0.4 is 10.2 Å². The van der Waals surface area contributed by atoms with Crippen LogP contribution in [0.4, 0.5) is 5.82 Å². The topological polar surface area (TPSA) is 89.1 Å². The van der Waals surface area contributed by atoms with Crippen LogP contribution in [0, 0.1) is 6.92 Å². The molecule has 0 saturated carbocycles. The van der Waals surface area contributed by atoms with Gasteiger partial charge in [-0.3, -0.25) is 19.7 Å². The Labute approximate surface area is 157 Å². The molecular weight excluding hydrogens is 344 g/mol. The van der Waals surface area contributed by atoms with Crippen molar-refractivity contribution in [1.82, 2.24) is 25.2 Å². The molecule has 140 valence electrons. The average Bonchev–Trinajstić information content (AvgIpc) is 3.37. The van der Waals surface area contributed by atoms with E-state index in [9.17, 15) is 4.79 Å². The van der Waals surface area contributed by atoms with E-state index in [2.05, 4.69) is 20.6 Å². The number of aryl methyl sites for hydroxylation is 2. The van der Waals surface area contributed by atoms with E-state index < -0.39 is 0 Å². The molecule has 8 heteroatoms. The molecule has 0 bridgehead atoms. The van der Waals surface area contributed by atoms with Crippen molar-refractivity contribution in [2.75, 3.05) is 11.4 Å². The minimum absolute atomic E-state index is 0.0383. The van der Waals surface area contributed by atoms with Crippen LogP contribution in [0.1, 0.15) is 29.7 Å². The van der Waals surface area contributed by atoms with Crippen molar-refractivity contribution in [2.45, 2.75) is 31.8 Å². The van der Waals surface area contributed by atoms with Gasteiger partial charge in [0.15, 0.2) is 11.6 Å². The fraction of sp³-hybridized carbons (Fsp3) is 0.368. The number of aromatic nitrogens is 4. The van der Waals surface area contributed by atoms with E-state index in [1.807, 2.05) is 49.6 Å². The molecule has 1 saturated heterocycles. The SMILES string of the molecule is Cc1noc(CC(NC2CCN(c3ccn(C)n3)C2=O)c2ccccc2)n1. The molecule has 3 heterocycles. The van der Waals surface area contributed by atoms with Crippen LogP contribution in [-0.2, 0) is 18.3 Å². The first-order valence-corrected chi connectivity index (χ1v) is 9.01. The number of nitrogens with zero attached hydrogens (tertiary/aromatic N) is 5. The summed E-state index contributed by atoms with van der Waals surface area (Å²) in [6, 6.07) is 11.5. The molecule has 0 spiro atoms. The Bertz CT molecular complexity index is 919. The highest BCUT2D eigenvalue weighted by Gasteiger charge is 2.35. The second kappa shape index (κ2) is 7.32. The maximum absolute atomic E-state index is 12.9. The summed E-state index contributed by atoms with van der Waals surface area (Å²) >= 11 is 0. The molecule has 2 unspecified atom stereocenters. The Morgan fingerprint density at radius 1 is 1.30 bits per heavy atom. The number of benzene rings is 1. The Morgan fingerprint density at radius 3 is 2.78 bits per heavy atom. The van der Waals surface area contributed by atoms with Gasteiger partial charge in [0, 0.05) is 38.3 Å². The normalized spacial score (nSPS) is 18.2. The van der Waals surface area contributed by atoms with Gasteiger partial charge in [0.25, 0.3) is 0 Å². The number of hydrogen-bond donors (Lipinski definition) is 1. The van der Waals surface area contributed by atoms with E-state index in [0.29, 0.717) is 30.5 Å². The predicted molar refractivity (Wildman–Crippen MR) is 99.0 cm³/mol. The standard InChI is InChI=1S/C19H22N6O2/c1-13-20-18(27-23-13)12-16(14-6-4-3-5-7-14)21-15-8-11-25(19(15)26)17-9-10-24(2)22-17/h3-7,9-10,15-16,21H,8,11-12H2,1-2H3. The maximum atomic E-state index is 12.9. The van der Waals surface area contributed by atoms with Gasteiger partial charge in [-0.05, 0) is 18.9 Å². The van der Waals surface area contributed by atoms with Gasteiger partial charge in [0.05, 0.1) is 6.04 Å². The molecule has 8 nitrogen and oxygen atoms in total. The smallest absolute Gasteiger partial charge is 0.245 e. The molecule has 0 aliphatic carbocycles. The molecule has 1 aliphatic heterocycles. The lowest BCUT2D eigenvalue weighted by atomic mass is 10.0. The van der Waals surface area contributed by atoms with E-state index in [0.717, 1.165) is 12.0 Å². The summed E-state index contributed by atoms with van der Waals surface area (Å²) in [6.07, 6.45) is 3.09. The van der Waals surface area contributed by atoms with Crippen LogP contribution in [0.5, 0.6) is 0 Å². The van der Waals surface area contributed by atoms with Gasteiger partial charge in [-0.2, -0.15) is 10.1 Å². The molecule has 27 heavy (non-hydrogen) atoms. The molecule has 1 N–H and O–H groups in total. The van der Waals surface area contributed by atoms with Gasteiger partial charge in [-0.15, -0.1) is 0 Å². The van der Waals surface area contributed by atoms with E-state index in [-0.39, 0.29) is 18.0 Å². The van der Waals surface area contributed by atoms with Gasteiger partial charge in [-0.25, -0.2) is 0 Å². The second-order valence-electron chi connectivity index (χ2n) is 6.75. The van der Waals surface area contributed by atoms with Gasteiger partial charge in [0.1, 0.15) is 0 Å². The van der Waals surface area contributed by atoms with Gasteiger partial charge in [0.2, 0.25) is 11.8 Å². The van der Waals surface area contributed by atoms with Crippen LogP contribution in [0.2, 0.25) is 0 Å². The monoisotopic (exact) mass is 366 g/mol. The molecule has 1 aromatic carbocycles. The minimum Gasteiger partial charge on any atom is -0.339 e. The highest BCUT2D eigenvalue weighted by molar-refractivity contribution is 5.98. The summed E-state index contributed by atoms with van der Waals surface area (Å²) in [7, 11) is 1.84. The van der Waals surface area contributed by atoms with E-state index in [4.69, 9.17) is 4.52 Å². The van der Waals surface area contributed by atoms with Crippen molar-refractivity contribution in [1.29, 1.82) is 0 Å². The lowest BCUT2D eigenvalue weighted by molar-refractivity contribution is -0.119. The predicted octanol–water partition coefficient (Wildman–Crippen LogP) is 1.79. The van der Waals surface area contributed by atoms with Crippen LogP contribution >= 0.6 is 0 Å². The Morgan fingerprint density at radius 2 is 2.11 bits per heavy atom. The van der Waals surface area contributed by atoms with E-state index in [1.165, 1.54) is 0 Å². The first-order chi connectivity index (χ1) is 13.1. The van der Waals surface area contributed by atoms with Crippen molar-refractivity contribution in [2.24, 2.45) is 7.05 Å². The number of anilines is 1. The molecule has 2 atom stereocenters. The fourth-order valence-corrected chi connectivity index (χ4v) is 3.41. The molecular formula is C19H22N6O2. The molecule has 0 radical (unpaired) electrons. The number of rotatable bonds is 6. The molecule has 4 rings (SSSR count). The third-order valence-corrected chi connectivity index (χ3v) is 4.73. The van der Waals surface area contributed by atoms with Gasteiger partial charge < -0.3 is 4.52 Å². The van der Waals surface area contributed by atoms with Crippen LogP contribution in [0.15, 0.2) is 47.1 Å². The summed E-state index contributed by atoms with van der Waals surface area (Å²) in [5.74, 6) is 1.89. The lowest BCUT2D eigenvalue weighted by Crippen LogP contribution is -2.41. The molecule has 3 aromatic rings. The Balaban J connectivity index is 1.52. The molecule has 2 aromatic heterocycles. The minimum atomic E-state index is -0.277. The van der Waals surface area contributed by atoms with Crippen molar-refractivity contribution in [3.05, 3.63) is 59.9 Å². The quantitative estimate of drug-likeness (QED) is 0.715. The van der Waals surface area contributed by atoms with Crippen molar-refractivity contribution < 1.29 is 9.32 Å². The average molecular weight is 366 g/mol.